The van der Waals surface area contributed by atoms with Crippen LogP contribution in [0.25, 0.3) is 0 Å². The zero-order chi connectivity index (χ0) is 19.2. The molecule has 3 rings (SSSR count). The summed E-state index contributed by atoms with van der Waals surface area (Å²) in [5, 5.41) is 13.9. The first-order valence-electron chi connectivity index (χ1n) is 9.64. The lowest BCUT2D eigenvalue weighted by atomic mass is 10.1. The van der Waals surface area contributed by atoms with E-state index in [4.69, 9.17) is 0 Å². The molecule has 1 amide bonds. The number of carbonyl (C=O) groups excluding carboxylic acids is 1. The maximum atomic E-state index is 12.2. The molecule has 1 fully saturated rings. The molecule has 1 aliphatic heterocycles. The van der Waals surface area contributed by atoms with E-state index in [1.165, 1.54) is 16.9 Å². The van der Waals surface area contributed by atoms with Crippen molar-refractivity contribution in [2.24, 2.45) is 0 Å². The highest BCUT2D eigenvalue weighted by atomic mass is 32.1. The normalized spacial score (nSPS) is 18.4. The van der Waals surface area contributed by atoms with Gasteiger partial charge >= 0.3 is 0 Å². The first-order valence-corrected chi connectivity index (χ1v) is 10.5. The average molecular weight is 388 g/mol. The van der Waals surface area contributed by atoms with E-state index in [-0.39, 0.29) is 18.1 Å². The van der Waals surface area contributed by atoms with E-state index in [0.717, 1.165) is 42.4 Å². The van der Waals surface area contributed by atoms with Crippen LogP contribution in [0, 0.1) is 0 Å². The number of aliphatic hydroxyl groups excluding tert-OH is 1. The van der Waals surface area contributed by atoms with Crippen molar-refractivity contribution in [2.75, 3.05) is 38.1 Å². The van der Waals surface area contributed by atoms with Crippen LogP contribution in [0.1, 0.15) is 41.0 Å². The number of hydrogen-bond acceptors (Lipinski definition) is 5. The van der Waals surface area contributed by atoms with Crippen LogP contribution >= 0.6 is 11.3 Å². The molecule has 6 heteroatoms. The molecule has 2 N–H and O–H groups in total. The van der Waals surface area contributed by atoms with E-state index < -0.39 is 0 Å². The standard InChI is InChI=1S/C21H29N3O2S/c1-3-12-22-21(26)19-9-10-20(27-19)23(2)18(16-7-5-4-6-8-16)15-24-13-11-17(25)14-24/h4-10,17-18,25H,3,11-15H2,1-2H3,(H,22,26)/t17-,18+/m0/s1. The third kappa shape index (κ3) is 5.09. The Labute approximate surface area is 165 Å². The van der Waals surface area contributed by atoms with E-state index in [2.05, 4.69) is 46.4 Å². The summed E-state index contributed by atoms with van der Waals surface area (Å²) in [6.07, 6.45) is 1.55. The second-order valence-electron chi connectivity index (χ2n) is 7.13. The van der Waals surface area contributed by atoms with E-state index >= 15 is 0 Å². The topological polar surface area (TPSA) is 55.8 Å². The van der Waals surface area contributed by atoms with Gasteiger partial charge in [0.15, 0.2) is 0 Å². The summed E-state index contributed by atoms with van der Waals surface area (Å²) >= 11 is 1.53. The van der Waals surface area contributed by atoms with Crippen molar-refractivity contribution in [2.45, 2.75) is 31.9 Å². The van der Waals surface area contributed by atoms with Gasteiger partial charge < -0.3 is 15.3 Å². The highest BCUT2D eigenvalue weighted by Gasteiger charge is 2.27. The predicted octanol–water partition coefficient (Wildman–Crippen LogP) is 3.13. The molecule has 146 valence electrons. The molecule has 0 bridgehead atoms. The number of β-amino-alcohol motifs (C(OH)–C–C–N with tert-alkyl or cyclic N) is 1. The van der Waals surface area contributed by atoms with E-state index in [1.807, 2.05) is 25.1 Å². The SMILES string of the molecule is CCCNC(=O)c1ccc(N(C)[C@H](CN2CC[C@H](O)C2)c2ccccc2)s1. The number of nitrogens with zero attached hydrogens (tertiary/aromatic N) is 2. The van der Waals surface area contributed by atoms with Crippen LogP contribution in [0.2, 0.25) is 0 Å². The first kappa shape index (κ1) is 19.9. The third-order valence-electron chi connectivity index (χ3n) is 5.03. The molecule has 0 spiro atoms. The minimum atomic E-state index is -0.220. The van der Waals surface area contributed by atoms with Crippen LogP contribution in [-0.2, 0) is 0 Å². The van der Waals surface area contributed by atoms with Crippen LogP contribution < -0.4 is 10.2 Å². The molecule has 0 saturated carbocycles. The summed E-state index contributed by atoms with van der Waals surface area (Å²) in [5.74, 6) is 0.000395. The number of hydrogen-bond donors (Lipinski definition) is 2. The second-order valence-corrected chi connectivity index (χ2v) is 8.20. The Bertz CT molecular complexity index is 734. The zero-order valence-corrected chi connectivity index (χ0v) is 16.9. The van der Waals surface area contributed by atoms with Crippen molar-refractivity contribution in [3.63, 3.8) is 0 Å². The van der Waals surface area contributed by atoms with Crippen LogP contribution in [-0.4, -0.2) is 55.2 Å². The Kier molecular flexibility index (Phi) is 6.88. The van der Waals surface area contributed by atoms with Gasteiger partial charge in [-0.15, -0.1) is 11.3 Å². The van der Waals surface area contributed by atoms with E-state index in [9.17, 15) is 9.90 Å². The van der Waals surface area contributed by atoms with Crippen LogP contribution in [0.4, 0.5) is 5.00 Å². The maximum Gasteiger partial charge on any atom is 0.261 e. The van der Waals surface area contributed by atoms with Crippen LogP contribution in [0.5, 0.6) is 0 Å². The molecule has 0 radical (unpaired) electrons. The molecule has 1 aromatic heterocycles. The number of anilines is 1. The van der Waals surface area contributed by atoms with Crippen molar-refractivity contribution < 1.29 is 9.90 Å². The minimum absolute atomic E-state index is 0.000395. The van der Waals surface area contributed by atoms with Gasteiger partial charge in [0.25, 0.3) is 5.91 Å². The van der Waals surface area contributed by atoms with Gasteiger partial charge in [0.2, 0.25) is 0 Å². The fraction of sp³-hybridized carbons (Fsp3) is 0.476. The Morgan fingerprint density at radius 3 is 2.78 bits per heavy atom. The molecular weight excluding hydrogens is 358 g/mol. The Hall–Kier alpha value is -1.89. The maximum absolute atomic E-state index is 12.2. The lowest BCUT2D eigenvalue weighted by molar-refractivity contribution is 0.0957. The van der Waals surface area contributed by atoms with Crippen molar-refractivity contribution >= 4 is 22.2 Å². The summed E-state index contributed by atoms with van der Waals surface area (Å²) in [7, 11) is 2.09. The summed E-state index contributed by atoms with van der Waals surface area (Å²) in [6.45, 7) is 5.26. The quantitative estimate of drug-likeness (QED) is 0.731. The van der Waals surface area contributed by atoms with Gasteiger partial charge in [-0.05, 0) is 30.5 Å². The van der Waals surface area contributed by atoms with Gasteiger partial charge in [-0.25, -0.2) is 0 Å². The molecule has 2 heterocycles. The lowest BCUT2D eigenvalue weighted by Gasteiger charge is -2.32. The number of carbonyl (C=O) groups is 1. The van der Waals surface area contributed by atoms with Crippen molar-refractivity contribution in [3.05, 3.63) is 52.9 Å². The highest BCUT2D eigenvalue weighted by Crippen LogP contribution is 2.33. The second kappa shape index (κ2) is 9.35. The number of thiophene rings is 1. The van der Waals surface area contributed by atoms with Gasteiger partial charge in [-0.2, -0.15) is 0 Å². The number of benzene rings is 1. The summed E-state index contributed by atoms with van der Waals surface area (Å²) in [5.41, 5.74) is 1.24. The minimum Gasteiger partial charge on any atom is -0.392 e. The van der Waals surface area contributed by atoms with Gasteiger partial charge in [0.1, 0.15) is 0 Å². The van der Waals surface area contributed by atoms with Crippen LogP contribution in [0.15, 0.2) is 42.5 Å². The summed E-state index contributed by atoms with van der Waals surface area (Å²) in [4.78, 5) is 17.6. The molecular formula is C21H29N3O2S. The molecule has 1 aliphatic rings. The first-order chi connectivity index (χ1) is 13.1. The molecule has 0 unspecified atom stereocenters. The smallest absolute Gasteiger partial charge is 0.261 e. The number of amides is 1. The van der Waals surface area contributed by atoms with Gasteiger partial charge in [-0.3, -0.25) is 9.69 Å². The van der Waals surface area contributed by atoms with E-state index in [1.54, 1.807) is 0 Å². The van der Waals surface area contributed by atoms with Gasteiger partial charge in [0, 0.05) is 33.2 Å². The number of likely N-dealkylation sites (N-methyl/N-ethyl adjacent to an activating group) is 1. The number of likely N-dealkylation sites (tertiary alicyclic amines) is 1. The summed E-state index contributed by atoms with van der Waals surface area (Å²) in [6, 6.07) is 14.6. The van der Waals surface area contributed by atoms with Crippen molar-refractivity contribution in [1.29, 1.82) is 0 Å². The van der Waals surface area contributed by atoms with Crippen molar-refractivity contribution in [3.8, 4) is 0 Å². The highest BCUT2D eigenvalue weighted by molar-refractivity contribution is 7.18. The number of aliphatic hydroxyl groups is 1. The average Bonchev–Trinajstić information content (AvgIpc) is 3.33. The molecule has 2 atom stereocenters. The largest absolute Gasteiger partial charge is 0.392 e. The Balaban J connectivity index is 1.77. The Morgan fingerprint density at radius 1 is 1.33 bits per heavy atom. The van der Waals surface area contributed by atoms with E-state index in [0.29, 0.717) is 6.54 Å². The molecule has 27 heavy (non-hydrogen) atoms. The van der Waals surface area contributed by atoms with Gasteiger partial charge in [0.05, 0.1) is 22.0 Å². The molecule has 1 aromatic carbocycles. The Morgan fingerprint density at radius 2 is 2.11 bits per heavy atom. The fourth-order valence-electron chi connectivity index (χ4n) is 3.47. The monoisotopic (exact) mass is 387 g/mol. The lowest BCUT2D eigenvalue weighted by Crippen LogP contribution is -2.35. The summed E-state index contributed by atoms with van der Waals surface area (Å²) < 4.78 is 0. The molecule has 5 nitrogen and oxygen atoms in total. The third-order valence-corrected chi connectivity index (χ3v) is 6.20. The molecule has 2 aromatic rings. The van der Waals surface area contributed by atoms with Gasteiger partial charge in [-0.1, -0.05) is 37.3 Å². The zero-order valence-electron chi connectivity index (χ0n) is 16.1. The van der Waals surface area contributed by atoms with Crippen LogP contribution in [0.3, 0.4) is 0 Å². The molecule has 1 saturated heterocycles. The fourth-order valence-corrected chi connectivity index (χ4v) is 4.40. The number of nitrogens with one attached hydrogen (secondary N) is 1. The molecule has 0 aliphatic carbocycles. The van der Waals surface area contributed by atoms with Crippen molar-refractivity contribution in [1.82, 2.24) is 10.2 Å². The number of rotatable bonds is 8. The predicted molar refractivity (Wildman–Crippen MR) is 112 cm³/mol.